The molecule has 1 saturated carbocycles. The van der Waals surface area contributed by atoms with Crippen molar-refractivity contribution in [3.63, 3.8) is 0 Å². The first kappa shape index (κ1) is 13.1. The predicted octanol–water partition coefficient (Wildman–Crippen LogP) is 1.98. The maximum Gasteiger partial charge on any atom is 0.417 e. The first-order valence-corrected chi connectivity index (χ1v) is 7.64. The van der Waals surface area contributed by atoms with Gasteiger partial charge >= 0.3 is 5.76 Å². The number of nitrogens with one attached hydrogen (secondary N) is 2. The highest BCUT2D eigenvalue weighted by Gasteiger charge is 2.52. The summed E-state index contributed by atoms with van der Waals surface area (Å²) in [5.74, 6) is 0.435. The Morgan fingerprint density at radius 2 is 2.05 bits per heavy atom. The number of fused-ring (bicyclic) bond motifs is 3. The Balaban J connectivity index is 1.97. The zero-order valence-electron chi connectivity index (χ0n) is 12.1. The SMILES string of the molecule is COC1(c2cccc3[nH]c(=O)oc23)C2CCCC1CNC2. The fourth-order valence-electron chi connectivity index (χ4n) is 4.48. The monoisotopic (exact) mass is 288 g/mol. The lowest BCUT2D eigenvalue weighted by molar-refractivity contribution is -0.143. The van der Waals surface area contributed by atoms with E-state index >= 15 is 0 Å². The average molecular weight is 288 g/mol. The van der Waals surface area contributed by atoms with E-state index in [-0.39, 0.29) is 5.60 Å². The van der Waals surface area contributed by atoms with Gasteiger partial charge in [-0.2, -0.15) is 0 Å². The van der Waals surface area contributed by atoms with Crippen LogP contribution in [0.25, 0.3) is 11.1 Å². The molecule has 1 aliphatic heterocycles. The molecular weight excluding hydrogens is 268 g/mol. The maximum absolute atomic E-state index is 11.6. The van der Waals surface area contributed by atoms with E-state index < -0.39 is 5.76 Å². The van der Waals surface area contributed by atoms with Crippen LogP contribution in [0.2, 0.25) is 0 Å². The van der Waals surface area contributed by atoms with E-state index in [0.717, 1.165) is 37.0 Å². The van der Waals surface area contributed by atoms with E-state index in [1.54, 1.807) is 7.11 Å². The molecule has 2 heterocycles. The predicted molar refractivity (Wildman–Crippen MR) is 79.2 cm³/mol. The zero-order valence-corrected chi connectivity index (χ0v) is 12.1. The van der Waals surface area contributed by atoms with E-state index in [4.69, 9.17) is 9.15 Å². The quantitative estimate of drug-likeness (QED) is 0.886. The number of piperidine rings is 1. The molecule has 1 aromatic carbocycles. The van der Waals surface area contributed by atoms with Gasteiger partial charge in [-0.25, -0.2) is 4.79 Å². The van der Waals surface area contributed by atoms with Crippen LogP contribution in [0.15, 0.2) is 27.4 Å². The number of methoxy groups -OCH3 is 1. The smallest absolute Gasteiger partial charge is 0.407 e. The lowest BCUT2D eigenvalue weighted by Crippen LogP contribution is -2.57. The van der Waals surface area contributed by atoms with E-state index in [2.05, 4.69) is 16.4 Å². The Labute approximate surface area is 122 Å². The summed E-state index contributed by atoms with van der Waals surface area (Å²) in [5.41, 5.74) is 2.09. The summed E-state index contributed by atoms with van der Waals surface area (Å²) in [6.07, 6.45) is 3.53. The Morgan fingerprint density at radius 1 is 1.29 bits per heavy atom. The van der Waals surface area contributed by atoms with Crippen molar-refractivity contribution in [2.24, 2.45) is 11.8 Å². The van der Waals surface area contributed by atoms with Gasteiger partial charge < -0.3 is 14.5 Å². The van der Waals surface area contributed by atoms with Crippen molar-refractivity contribution in [3.8, 4) is 0 Å². The molecule has 2 bridgehead atoms. The van der Waals surface area contributed by atoms with Crippen LogP contribution >= 0.6 is 0 Å². The van der Waals surface area contributed by atoms with Crippen molar-refractivity contribution >= 4 is 11.1 Å². The minimum absolute atomic E-state index is 0.346. The lowest BCUT2D eigenvalue weighted by atomic mass is 9.62. The van der Waals surface area contributed by atoms with Crippen molar-refractivity contribution in [3.05, 3.63) is 34.3 Å². The number of H-pyrrole nitrogens is 1. The summed E-state index contributed by atoms with van der Waals surface area (Å²) >= 11 is 0. The van der Waals surface area contributed by atoms with Crippen LogP contribution in [0.3, 0.4) is 0 Å². The molecule has 0 radical (unpaired) electrons. The van der Waals surface area contributed by atoms with Gasteiger partial charge in [0.2, 0.25) is 0 Å². The number of oxazole rings is 1. The molecule has 112 valence electrons. The van der Waals surface area contributed by atoms with Crippen molar-refractivity contribution in [2.45, 2.75) is 24.9 Å². The molecule has 5 nitrogen and oxygen atoms in total. The summed E-state index contributed by atoms with van der Waals surface area (Å²) in [6.45, 7) is 1.91. The molecule has 2 N–H and O–H groups in total. The first-order chi connectivity index (χ1) is 10.3. The fourth-order valence-corrected chi connectivity index (χ4v) is 4.48. The van der Waals surface area contributed by atoms with E-state index in [1.807, 2.05) is 12.1 Å². The number of hydrogen-bond donors (Lipinski definition) is 2. The van der Waals surface area contributed by atoms with Crippen molar-refractivity contribution < 1.29 is 9.15 Å². The van der Waals surface area contributed by atoms with E-state index in [9.17, 15) is 4.79 Å². The molecule has 2 unspecified atom stereocenters. The van der Waals surface area contributed by atoms with Crippen LogP contribution in [-0.4, -0.2) is 25.2 Å². The molecule has 1 saturated heterocycles. The third kappa shape index (κ3) is 1.74. The van der Waals surface area contributed by atoms with Gasteiger partial charge in [-0.1, -0.05) is 18.6 Å². The molecule has 2 aromatic rings. The average Bonchev–Trinajstić information content (AvgIpc) is 2.86. The molecule has 2 fully saturated rings. The highest BCUT2D eigenvalue weighted by atomic mass is 16.5. The number of ether oxygens (including phenoxy) is 1. The third-order valence-corrected chi connectivity index (χ3v) is 5.30. The maximum atomic E-state index is 11.6. The number of hydrogen-bond acceptors (Lipinski definition) is 4. The number of rotatable bonds is 2. The number of benzene rings is 1. The van der Waals surface area contributed by atoms with Gasteiger partial charge in [0, 0.05) is 37.6 Å². The second kappa shape index (κ2) is 4.71. The van der Waals surface area contributed by atoms with Gasteiger partial charge in [-0.3, -0.25) is 4.98 Å². The second-order valence-electron chi connectivity index (χ2n) is 6.18. The van der Waals surface area contributed by atoms with Gasteiger partial charge in [-0.05, 0) is 18.9 Å². The molecule has 5 heteroatoms. The largest absolute Gasteiger partial charge is 0.417 e. The molecule has 0 spiro atoms. The van der Waals surface area contributed by atoms with E-state index in [1.165, 1.54) is 6.42 Å². The highest BCUT2D eigenvalue weighted by Crippen LogP contribution is 2.51. The molecule has 21 heavy (non-hydrogen) atoms. The molecule has 2 aliphatic rings. The van der Waals surface area contributed by atoms with Crippen LogP contribution in [0, 0.1) is 11.8 Å². The summed E-state index contributed by atoms with van der Waals surface area (Å²) < 4.78 is 11.6. The zero-order chi connectivity index (χ0) is 14.4. The number of para-hydroxylation sites is 1. The summed E-state index contributed by atoms with van der Waals surface area (Å²) in [6, 6.07) is 5.91. The van der Waals surface area contributed by atoms with Gasteiger partial charge in [-0.15, -0.1) is 0 Å². The van der Waals surface area contributed by atoms with E-state index in [0.29, 0.717) is 17.4 Å². The number of aromatic amines is 1. The van der Waals surface area contributed by atoms with Gasteiger partial charge in [0.25, 0.3) is 0 Å². The van der Waals surface area contributed by atoms with Crippen LogP contribution in [-0.2, 0) is 10.3 Å². The summed E-state index contributed by atoms with van der Waals surface area (Å²) in [5, 5.41) is 3.52. The molecule has 2 atom stereocenters. The van der Waals surface area contributed by atoms with Crippen LogP contribution in [0.4, 0.5) is 0 Å². The van der Waals surface area contributed by atoms with Gasteiger partial charge in [0.05, 0.1) is 5.52 Å². The minimum Gasteiger partial charge on any atom is -0.407 e. The van der Waals surface area contributed by atoms with Crippen LogP contribution in [0.5, 0.6) is 0 Å². The van der Waals surface area contributed by atoms with Crippen molar-refractivity contribution in [2.75, 3.05) is 20.2 Å². The topological polar surface area (TPSA) is 67.3 Å². The summed E-state index contributed by atoms with van der Waals surface area (Å²) in [7, 11) is 1.79. The molecule has 1 aromatic heterocycles. The summed E-state index contributed by atoms with van der Waals surface area (Å²) in [4.78, 5) is 14.3. The highest BCUT2D eigenvalue weighted by molar-refractivity contribution is 5.77. The standard InChI is InChI=1S/C16H20N2O3/c1-20-16(10-4-2-5-11(16)9-17-8-10)12-6-3-7-13-14(12)21-15(19)18-13/h3,6-7,10-11,17H,2,4-5,8-9H2,1H3,(H,18,19). The molecule has 4 rings (SSSR count). The Hall–Kier alpha value is -1.59. The Bertz CT molecular complexity index is 696. The Kier molecular flexibility index (Phi) is 2.94. The fraction of sp³-hybridized carbons (Fsp3) is 0.562. The normalized spacial score (nSPS) is 32.4. The van der Waals surface area contributed by atoms with Gasteiger partial charge in [0.15, 0.2) is 5.58 Å². The molecule has 0 amide bonds. The van der Waals surface area contributed by atoms with Crippen LogP contribution < -0.4 is 11.1 Å². The second-order valence-corrected chi connectivity index (χ2v) is 6.18. The molecular formula is C16H20N2O3. The minimum atomic E-state index is -0.400. The van der Waals surface area contributed by atoms with Gasteiger partial charge in [0.1, 0.15) is 5.60 Å². The Morgan fingerprint density at radius 3 is 2.76 bits per heavy atom. The number of aromatic nitrogens is 1. The first-order valence-electron chi connectivity index (χ1n) is 7.64. The van der Waals surface area contributed by atoms with Crippen molar-refractivity contribution in [1.29, 1.82) is 0 Å². The molecule has 1 aliphatic carbocycles. The van der Waals surface area contributed by atoms with Crippen LogP contribution in [0.1, 0.15) is 24.8 Å². The lowest BCUT2D eigenvalue weighted by Gasteiger charge is -2.52. The van der Waals surface area contributed by atoms with Crippen molar-refractivity contribution in [1.82, 2.24) is 10.3 Å². The third-order valence-electron chi connectivity index (χ3n) is 5.30.